The molecular weight excluding hydrogens is 438 g/mol. The van der Waals surface area contributed by atoms with Crippen LogP contribution in [0.15, 0.2) is 0 Å². The van der Waals surface area contributed by atoms with Crippen LogP contribution in [-0.2, 0) is 19.2 Å². The number of thioether (sulfide) groups is 1. The Labute approximate surface area is 193 Å². The summed E-state index contributed by atoms with van der Waals surface area (Å²) in [6.45, 7) is 3.58. The van der Waals surface area contributed by atoms with Crippen molar-refractivity contribution in [2.45, 2.75) is 70.1 Å². The van der Waals surface area contributed by atoms with E-state index in [2.05, 4.69) is 16.0 Å². The zero-order valence-corrected chi connectivity index (χ0v) is 20.0. The van der Waals surface area contributed by atoms with Crippen molar-refractivity contribution in [2.75, 3.05) is 25.2 Å². The van der Waals surface area contributed by atoms with E-state index in [1.807, 2.05) is 20.1 Å². The molecule has 0 spiro atoms. The quantitative estimate of drug-likeness (QED) is 0.125. The van der Waals surface area contributed by atoms with E-state index in [4.69, 9.17) is 16.6 Å². The minimum Gasteiger partial charge on any atom is -0.480 e. The highest BCUT2D eigenvalue weighted by Gasteiger charge is 2.30. The highest BCUT2D eigenvalue weighted by molar-refractivity contribution is 7.98. The Morgan fingerprint density at radius 1 is 0.906 bits per heavy atom. The van der Waals surface area contributed by atoms with Gasteiger partial charge >= 0.3 is 5.97 Å². The number of carboxylic acid groups (broad SMARTS) is 1. The Kier molecular flexibility index (Phi) is 15.7. The first-order chi connectivity index (χ1) is 15.1. The summed E-state index contributed by atoms with van der Waals surface area (Å²) in [5.41, 5.74) is 11.0. The maximum absolute atomic E-state index is 12.9. The monoisotopic (exact) mass is 477 g/mol. The average Bonchev–Trinajstić information content (AvgIpc) is 2.73. The second kappa shape index (κ2) is 16.7. The number of carbonyl (C=O) groups is 4. The summed E-state index contributed by atoms with van der Waals surface area (Å²) in [6, 6.07) is -4.19. The van der Waals surface area contributed by atoms with Crippen LogP contribution in [0.1, 0.15) is 46.0 Å². The molecule has 12 heteroatoms. The topological polar surface area (TPSA) is 197 Å². The molecule has 4 unspecified atom stereocenters. The van der Waals surface area contributed by atoms with Crippen LogP contribution in [0.4, 0.5) is 0 Å². The summed E-state index contributed by atoms with van der Waals surface area (Å²) in [4.78, 5) is 49.3. The van der Waals surface area contributed by atoms with Crippen LogP contribution in [0.25, 0.3) is 0 Å². The third kappa shape index (κ3) is 12.2. The lowest BCUT2D eigenvalue weighted by Gasteiger charge is -2.26. The van der Waals surface area contributed by atoms with Gasteiger partial charge in [-0.3, -0.25) is 14.4 Å². The van der Waals surface area contributed by atoms with Crippen molar-refractivity contribution in [3.63, 3.8) is 0 Å². The standard InChI is InChI=1S/C20H39N5O6S/c1-12(2)10-16(25-17(27)13(22)11-26)19(29)23-14(6-4-5-8-21)18(28)24-15(20(30)31)7-9-32-3/h12-16,26H,4-11,21-22H2,1-3H3,(H,23,29)(H,24,28)(H,25,27)(H,30,31). The van der Waals surface area contributed by atoms with E-state index in [1.54, 1.807) is 0 Å². The lowest BCUT2D eigenvalue weighted by atomic mass is 10.0. The van der Waals surface area contributed by atoms with Crippen molar-refractivity contribution in [1.29, 1.82) is 0 Å². The van der Waals surface area contributed by atoms with Crippen LogP contribution in [0, 0.1) is 5.92 Å². The van der Waals surface area contributed by atoms with Gasteiger partial charge in [0.05, 0.1) is 6.61 Å². The summed E-state index contributed by atoms with van der Waals surface area (Å²) in [6.07, 6.45) is 3.82. The van der Waals surface area contributed by atoms with Crippen molar-refractivity contribution in [3.8, 4) is 0 Å². The molecule has 0 aromatic heterocycles. The number of aliphatic hydroxyl groups is 1. The highest BCUT2D eigenvalue weighted by Crippen LogP contribution is 2.09. The number of aliphatic hydroxyl groups excluding tert-OH is 1. The smallest absolute Gasteiger partial charge is 0.326 e. The first-order valence-corrected chi connectivity index (χ1v) is 12.2. The molecule has 0 aromatic carbocycles. The van der Waals surface area contributed by atoms with Crippen LogP contribution in [-0.4, -0.2) is 83.2 Å². The van der Waals surface area contributed by atoms with E-state index in [0.717, 1.165) is 0 Å². The number of amides is 3. The normalized spacial score (nSPS) is 14.8. The number of carbonyl (C=O) groups excluding carboxylic acids is 3. The van der Waals surface area contributed by atoms with E-state index < -0.39 is 54.5 Å². The van der Waals surface area contributed by atoms with Crippen LogP contribution in [0.2, 0.25) is 0 Å². The van der Waals surface area contributed by atoms with E-state index >= 15 is 0 Å². The first-order valence-electron chi connectivity index (χ1n) is 10.8. The molecule has 9 N–H and O–H groups in total. The number of hydrogen-bond acceptors (Lipinski definition) is 8. The van der Waals surface area contributed by atoms with Crippen LogP contribution < -0.4 is 27.4 Å². The average molecular weight is 478 g/mol. The van der Waals surface area contributed by atoms with Gasteiger partial charge in [-0.1, -0.05) is 13.8 Å². The number of nitrogens with two attached hydrogens (primary N) is 2. The van der Waals surface area contributed by atoms with Gasteiger partial charge in [0.15, 0.2) is 0 Å². The van der Waals surface area contributed by atoms with Gasteiger partial charge in [-0.25, -0.2) is 4.79 Å². The Bertz CT molecular complexity index is 607. The fraction of sp³-hybridized carbons (Fsp3) is 0.800. The third-order valence-corrected chi connectivity index (χ3v) is 5.32. The summed E-state index contributed by atoms with van der Waals surface area (Å²) in [5, 5.41) is 26.1. The summed E-state index contributed by atoms with van der Waals surface area (Å²) < 4.78 is 0. The Balaban J connectivity index is 5.42. The van der Waals surface area contributed by atoms with Crippen molar-refractivity contribution in [3.05, 3.63) is 0 Å². The molecule has 11 nitrogen and oxygen atoms in total. The van der Waals surface area contributed by atoms with Gasteiger partial charge < -0.3 is 37.6 Å². The molecule has 0 saturated heterocycles. The van der Waals surface area contributed by atoms with Crippen molar-refractivity contribution < 1.29 is 29.4 Å². The summed E-state index contributed by atoms with van der Waals surface area (Å²) >= 11 is 1.46. The Morgan fingerprint density at radius 3 is 1.97 bits per heavy atom. The molecule has 0 aromatic rings. The van der Waals surface area contributed by atoms with Gasteiger partial charge in [0.2, 0.25) is 17.7 Å². The largest absolute Gasteiger partial charge is 0.480 e. The molecule has 32 heavy (non-hydrogen) atoms. The van der Waals surface area contributed by atoms with Gasteiger partial charge in [0.1, 0.15) is 24.2 Å². The fourth-order valence-electron chi connectivity index (χ4n) is 2.86. The molecule has 0 rings (SSSR count). The minimum atomic E-state index is -1.17. The molecule has 0 aliphatic carbocycles. The molecular formula is C20H39N5O6S. The van der Waals surface area contributed by atoms with Crippen LogP contribution in [0.3, 0.4) is 0 Å². The van der Waals surface area contributed by atoms with Crippen molar-refractivity contribution >= 4 is 35.5 Å². The number of carboxylic acids is 1. The number of unbranched alkanes of at least 4 members (excludes halogenated alkanes) is 1. The molecule has 0 heterocycles. The van der Waals surface area contributed by atoms with Gasteiger partial charge in [0, 0.05) is 0 Å². The third-order valence-electron chi connectivity index (χ3n) is 4.68. The van der Waals surface area contributed by atoms with Crippen molar-refractivity contribution in [1.82, 2.24) is 16.0 Å². The first kappa shape index (κ1) is 30.1. The zero-order valence-electron chi connectivity index (χ0n) is 19.1. The second-order valence-corrected chi connectivity index (χ2v) is 8.99. The SMILES string of the molecule is CSCCC(NC(=O)C(CCCCN)NC(=O)C(CC(C)C)NC(=O)C(N)CO)C(=O)O. The number of nitrogens with one attached hydrogen (secondary N) is 3. The lowest BCUT2D eigenvalue weighted by Crippen LogP contribution is -2.57. The molecule has 0 aliphatic heterocycles. The molecule has 0 fully saturated rings. The minimum absolute atomic E-state index is 0.0452. The second-order valence-electron chi connectivity index (χ2n) is 8.01. The molecule has 0 saturated carbocycles. The van der Waals surface area contributed by atoms with Gasteiger partial charge in [-0.05, 0) is 56.6 Å². The van der Waals surface area contributed by atoms with E-state index in [1.165, 1.54) is 11.8 Å². The van der Waals surface area contributed by atoms with Gasteiger partial charge in [0.25, 0.3) is 0 Å². The maximum Gasteiger partial charge on any atom is 0.326 e. The molecule has 3 amide bonds. The van der Waals surface area contributed by atoms with E-state index in [0.29, 0.717) is 31.6 Å². The Morgan fingerprint density at radius 2 is 1.47 bits per heavy atom. The number of rotatable bonds is 17. The van der Waals surface area contributed by atoms with E-state index in [9.17, 15) is 24.3 Å². The summed E-state index contributed by atoms with van der Waals surface area (Å²) in [5.74, 6) is -2.42. The predicted octanol–water partition coefficient (Wildman–Crippen LogP) is -1.23. The molecule has 186 valence electrons. The zero-order chi connectivity index (χ0) is 24.7. The molecule has 0 bridgehead atoms. The van der Waals surface area contributed by atoms with Crippen LogP contribution >= 0.6 is 11.8 Å². The van der Waals surface area contributed by atoms with Crippen LogP contribution in [0.5, 0.6) is 0 Å². The molecule has 0 aliphatic rings. The molecule has 4 atom stereocenters. The lowest BCUT2D eigenvalue weighted by molar-refractivity contribution is -0.142. The maximum atomic E-state index is 12.9. The number of hydrogen-bond donors (Lipinski definition) is 7. The van der Waals surface area contributed by atoms with Crippen molar-refractivity contribution in [2.24, 2.45) is 17.4 Å². The number of aliphatic carboxylic acids is 1. The Hall–Kier alpha value is -1.89. The van der Waals surface area contributed by atoms with Gasteiger partial charge in [-0.15, -0.1) is 0 Å². The predicted molar refractivity (Wildman–Crippen MR) is 124 cm³/mol. The molecule has 0 radical (unpaired) electrons. The van der Waals surface area contributed by atoms with E-state index in [-0.39, 0.29) is 18.8 Å². The highest BCUT2D eigenvalue weighted by atomic mass is 32.2. The summed E-state index contributed by atoms with van der Waals surface area (Å²) in [7, 11) is 0. The fourth-order valence-corrected chi connectivity index (χ4v) is 3.34. The van der Waals surface area contributed by atoms with Gasteiger partial charge in [-0.2, -0.15) is 11.8 Å².